The molecule has 0 N–H and O–H groups in total. The Bertz CT molecular complexity index is 380. The largest absolute Gasteiger partial charge is 0.379 e. The van der Waals surface area contributed by atoms with Gasteiger partial charge in [-0.2, -0.15) is 0 Å². The summed E-state index contributed by atoms with van der Waals surface area (Å²) in [5, 5.41) is 0. The molecule has 1 aromatic rings. The van der Waals surface area contributed by atoms with Crippen LogP contribution >= 0.6 is 0 Å². The summed E-state index contributed by atoms with van der Waals surface area (Å²) in [5.41, 5.74) is -0.290. The Hall–Kier alpha value is -1.33. The molecular weight excluding hydrogens is 230 g/mol. The second kappa shape index (κ2) is 7.09. The third kappa shape index (κ3) is 4.58. The second-order valence-corrected chi connectivity index (χ2v) is 3.30. The lowest BCUT2D eigenvalue weighted by Crippen LogP contribution is -2.14. The minimum atomic E-state index is -0.746. The number of hydrogen-bond donors (Lipinski definition) is 0. The van der Waals surface area contributed by atoms with E-state index in [1.54, 1.807) is 0 Å². The Labute approximate surface area is 98.3 Å². The molecule has 0 atom stereocenters. The number of ether oxygens (including phenoxy) is 2. The molecule has 0 heterocycles. The zero-order valence-electron chi connectivity index (χ0n) is 9.54. The summed E-state index contributed by atoms with van der Waals surface area (Å²) in [6.45, 7) is 2.74. The minimum Gasteiger partial charge on any atom is -0.379 e. The fourth-order valence-electron chi connectivity index (χ4n) is 1.22. The van der Waals surface area contributed by atoms with Crippen molar-refractivity contribution in [3.05, 3.63) is 35.4 Å². The van der Waals surface area contributed by atoms with Crippen LogP contribution in [0.5, 0.6) is 0 Å². The van der Waals surface area contributed by atoms with Crippen LogP contribution in [0.15, 0.2) is 18.2 Å². The van der Waals surface area contributed by atoms with E-state index >= 15 is 0 Å². The molecule has 5 heteroatoms. The maximum Gasteiger partial charge on any atom is 0.191 e. The molecule has 1 aromatic carbocycles. The van der Waals surface area contributed by atoms with Crippen LogP contribution in [0.4, 0.5) is 8.78 Å². The molecule has 0 saturated carbocycles. The maximum atomic E-state index is 13.2. The fraction of sp³-hybridized carbons (Fsp3) is 0.417. The molecule has 0 unspecified atom stereocenters. The maximum absolute atomic E-state index is 13.2. The van der Waals surface area contributed by atoms with Gasteiger partial charge in [0.2, 0.25) is 0 Å². The van der Waals surface area contributed by atoms with Crippen molar-refractivity contribution in [3.8, 4) is 0 Å². The number of halogens is 2. The Morgan fingerprint density at radius 1 is 1.24 bits per heavy atom. The molecule has 3 nitrogen and oxygen atoms in total. The number of carbonyl (C=O) groups is 1. The van der Waals surface area contributed by atoms with Crippen LogP contribution in [0.25, 0.3) is 0 Å². The molecule has 17 heavy (non-hydrogen) atoms. The quantitative estimate of drug-likeness (QED) is 0.545. The lowest BCUT2D eigenvalue weighted by molar-refractivity contribution is 0.0473. The van der Waals surface area contributed by atoms with Crippen molar-refractivity contribution in [1.82, 2.24) is 0 Å². The number of Topliss-reactive ketones (excluding diaryl/α,β-unsaturated/α-hetero) is 1. The molecular formula is C12H14F2O3. The van der Waals surface area contributed by atoms with Gasteiger partial charge in [-0.05, 0) is 25.1 Å². The summed E-state index contributed by atoms with van der Waals surface area (Å²) in [7, 11) is 0. The first-order valence-corrected chi connectivity index (χ1v) is 5.29. The lowest BCUT2D eigenvalue weighted by atomic mass is 10.1. The van der Waals surface area contributed by atoms with Crippen LogP contribution in [-0.4, -0.2) is 32.2 Å². The van der Waals surface area contributed by atoms with Gasteiger partial charge in [-0.15, -0.1) is 0 Å². The van der Waals surface area contributed by atoms with Crippen LogP contribution in [0, 0.1) is 11.6 Å². The van der Waals surface area contributed by atoms with Gasteiger partial charge < -0.3 is 9.47 Å². The molecule has 0 radical (unpaired) electrons. The zero-order chi connectivity index (χ0) is 12.7. The molecule has 0 aliphatic rings. The van der Waals surface area contributed by atoms with Crippen molar-refractivity contribution in [3.63, 3.8) is 0 Å². The molecule has 0 bridgehead atoms. The predicted molar refractivity (Wildman–Crippen MR) is 58.0 cm³/mol. The van der Waals surface area contributed by atoms with Crippen molar-refractivity contribution in [2.24, 2.45) is 0 Å². The first kappa shape index (κ1) is 13.7. The summed E-state index contributed by atoms with van der Waals surface area (Å²) < 4.78 is 36.0. The fourth-order valence-corrected chi connectivity index (χ4v) is 1.22. The molecule has 1 rings (SSSR count). The summed E-state index contributed by atoms with van der Waals surface area (Å²) in [4.78, 5) is 11.5. The van der Waals surface area contributed by atoms with E-state index in [-0.39, 0.29) is 18.8 Å². The third-order valence-corrected chi connectivity index (χ3v) is 2.04. The van der Waals surface area contributed by atoms with E-state index in [4.69, 9.17) is 9.47 Å². The van der Waals surface area contributed by atoms with E-state index in [0.717, 1.165) is 18.2 Å². The summed E-state index contributed by atoms with van der Waals surface area (Å²) >= 11 is 0. The van der Waals surface area contributed by atoms with E-state index in [9.17, 15) is 13.6 Å². The van der Waals surface area contributed by atoms with Crippen LogP contribution < -0.4 is 0 Å². The first-order valence-electron chi connectivity index (χ1n) is 5.29. The molecule has 0 aliphatic carbocycles. The van der Waals surface area contributed by atoms with Crippen molar-refractivity contribution < 1.29 is 23.0 Å². The monoisotopic (exact) mass is 244 g/mol. The van der Waals surface area contributed by atoms with Gasteiger partial charge in [0.1, 0.15) is 18.2 Å². The van der Waals surface area contributed by atoms with E-state index in [1.165, 1.54) is 0 Å². The van der Waals surface area contributed by atoms with Gasteiger partial charge in [0.25, 0.3) is 0 Å². The first-order chi connectivity index (χ1) is 8.15. The van der Waals surface area contributed by atoms with Crippen LogP contribution in [0.1, 0.15) is 17.3 Å². The zero-order valence-corrected chi connectivity index (χ0v) is 9.54. The Kier molecular flexibility index (Phi) is 5.72. The van der Waals surface area contributed by atoms with Gasteiger partial charge in [0, 0.05) is 6.61 Å². The minimum absolute atomic E-state index is 0.247. The highest BCUT2D eigenvalue weighted by atomic mass is 19.1. The number of rotatable bonds is 7. The van der Waals surface area contributed by atoms with Gasteiger partial charge in [-0.3, -0.25) is 4.79 Å². The summed E-state index contributed by atoms with van der Waals surface area (Å²) in [6.07, 6.45) is 0. The Balaban J connectivity index is 2.44. The van der Waals surface area contributed by atoms with Crippen LogP contribution in [0.3, 0.4) is 0 Å². The number of carbonyl (C=O) groups excluding carboxylic acids is 1. The van der Waals surface area contributed by atoms with Crippen molar-refractivity contribution in [2.45, 2.75) is 6.92 Å². The summed E-state index contributed by atoms with van der Waals surface area (Å²) in [5.74, 6) is -1.98. The van der Waals surface area contributed by atoms with Crippen molar-refractivity contribution in [1.29, 1.82) is 0 Å². The topological polar surface area (TPSA) is 35.5 Å². The average Bonchev–Trinajstić information content (AvgIpc) is 2.32. The third-order valence-electron chi connectivity index (χ3n) is 2.04. The highest BCUT2D eigenvalue weighted by Crippen LogP contribution is 2.10. The SMILES string of the molecule is CCOCCOCC(=O)c1cc(F)ccc1F. The highest BCUT2D eigenvalue weighted by Gasteiger charge is 2.12. The van der Waals surface area contributed by atoms with E-state index in [2.05, 4.69) is 0 Å². The standard InChI is InChI=1S/C12H14F2O3/c1-2-16-5-6-17-8-12(15)10-7-9(13)3-4-11(10)14/h3-4,7H,2,5-6,8H2,1H3. The normalized spacial score (nSPS) is 10.5. The van der Waals surface area contributed by atoms with Crippen molar-refractivity contribution in [2.75, 3.05) is 26.4 Å². The number of benzene rings is 1. The van der Waals surface area contributed by atoms with Gasteiger partial charge in [-0.25, -0.2) is 8.78 Å². The molecule has 0 spiro atoms. The van der Waals surface area contributed by atoms with Gasteiger partial charge >= 0.3 is 0 Å². The molecule has 0 fully saturated rings. The number of hydrogen-bond acceptors (Lipinski definition) is 3. The molecule has 0 aromatic heterocycles. The van der Waals surface area contributed by atoms with Gasteiger partial charge in [0.15, 0.2) is 5.78 Å². The van der Waals surface area contributed by atoms with Gasteiger partial charge in [-0.1, -0.05) is 0 Å². The molecule has 94 valence electrons. The molecule has 0 amide bonds. The molecule has 0 saturated heterocycles. The van der Waals surface area contributed by atoms with Crippen LogP contribution in [-0.2, 0) is 9.47 Å². The van der Waals surface area contributed by atoms with Crippen LogP contribution in [0.2, 0.25) is 0 Å². The van der Waals surface area contributed by atoms with Crippen molar-refractivity contribution >= 4 is 5.78 Å². The lowest BCUT2D eigenvalue weighted by Gasteiger charge is -2.05. The Morgan fingerprint density at radius 3 is 2.65 bits per heavy atom. The number of ketones is 1. The van der Waals surface area contributed by atoms with E-state index < -0.39 is 17.4 Å². The average molecular weight is 244 g/mol. The smallest absolute Gasteiger partial charge is 0.191 e. The summed E-state index contributed by atoms with van der Waals surface area (Å²) in [6, 6.07) is 2.74. The highest BCUT2D eigenvalue weighted by molar-refractivity contribution is 5.97. The van der Waals surface area contributed by atoms with Gasteiger partial charge in [0.05, 0.1) is 18.8 Å². The van der Waals surface area contributed by atoms with E-state index in [1.807, 2.05) is 6.92 Å². The molecule has 0 aliphatic heterocycles. The second-order valence-electron chi connectivity index (χ2n) is 3.30. The predicted octanol–water partition coefficient (Wildman–Crippen LogP) is 2.20. The Morgan fingerprint density at radius 2 is 1.94 bits per heavy atom. The van der Waals surface area contributed by atoms with E-state index in [0.29, 0.717) is 13.2 Å².